The Bertz CT molecular complexity index is 585. The van der Waals surface area contributed by atoms with Crippen LogP contribution in [-0.2, 0) is 6.54 Å². The molecule has 0 spiro atoms. The van der Waals surface area contributed by atoms with Crippen molar-refractivity contribution in [1.82, 2.24) is 15.3 Å². The molecule has 0 radical (unpaired) electrons. The average Bonchev–Trinajstić information content (AvgIpc) is 3.15. The molecule has 2 aromatic rings. The second-order valence-electron chi connectivity index (χ2n) is 5.66. The monoisotopic (exact) mass is 303 g/mol. The Labute approximate surface area is 129 Å². The van der Waals surface area contributed by atoms with E-state index in [-0.39, 0.29) is 12.0 Å². The van der Waals surface area contributed by atoms with Gasteiger partial charge >= 0.3 is 0 Å². The molecule has 3 rings (SSSR count). The van der Waals surface area contributed by atoms with E-state index in [1.807, 2.05) is 24.3 Å². The first-order chi connectivity index (χ1) is 10.7. The van der Waals surface area contributed by atoms with E-state index in [9.17, 15) is 10.2 Å². The van der Waals surface area contributed by atoms with Crippen molar-refractivity contribution in [3.63, 3.8) is 0 Å². The van der Waals surface area contributed by atoms with Crippen LogP contribution >= 0.6 is 0 Å². The first-order valence-corrected chi connectivity index (χ1v) is 7.39. The van der Waals surface area contributed by atoms with Gasteiger partial charge in [0, 0.05) is 30.4 Å². The average molecular weight is 303 g/mol. The van der Waals surface area contributed by atoms with Crippen molar-refractivity contribution in [3.8, 4) is 5.75 Å². The summed E-state index contributed by atoms with van der Waals surface area (Å²) in [6, 6.07) is 7.57. The number of hydrogen-bond donors (Lipinski definition) is 4. The van der Waals surface area contributed by atoms with E-state index in [0.29, 0.717) is 13.0 Å². The Balaban J connectivity index is 1.74. The predicted octanol–water partition coefficient (Wildman–Crippen LogP) is 0.786. The van der Waals surface area contributed by atoms with E-state index in [1.54, 1.807) is 19.6 Å². The summed E-state index contributed by atoms with van der Waals surface area (Å²) in [5.74, 6) is 0.851. The third-order valence-electron chi connectivity index (χ3n) is 4.32. The number of ether oxygens (including phenoxy) is 1. The standard InChI is InChI=1S/C16H21N3O3/c1-22-12-4-2-10(3-5-12)13-6-14(20)16(21)15(13)18-8-11-7-17-9-19-11/h2-5,7,9,13-16,18,20-21H,6,8H2,1H3,(H,17,19)/t13-,14-,15-,16-/m1/s1. The maximum atomic E-state index is 10.3. The Hall–Kier alpha value is -1.89. The van der Waals surface area contributed by atoms with Gasteiger partial charge in [-0.1, -0.05) is 12.1 Å². The Kier molecular flexibility index (Phi) is 4.42. The van der Waals surface area contributed by atoms with Gasteiger partial charge in [-0.3, -0.25) is 0 Å². The fraction of sp³-hybridized carbons (Fsp3) is 0.438. The van der Waals surface area contributed by atoms with Gasteiger partial charge in [-0.25, -0.2) is 4.98 Å². The summed E-state index contributed by atoms with van der Waals surface area (Å²) in [5.41, 5.74) is 2.03. The maximum Gasteiger partial charge on any atom is 0.118 e. The lowest BCUT2D eigenvalue weighted by Crippen LogP contribution is -2.41. The van der Waals surface area contributed by atoms with Crippen molar-refractivity contribution in [2.75, 3.05) is 7.11 Å². The lowest BCUT2D eigenvalue weighted by molar-refractivity contribution is 0.0297. The van der Waals surface area contributed by atoms with Gasteiger partial charge in [-0.2, -0.15) is 0 Å². The number of aromatic amines is 1. The number of H-pyrrole nitrogens is 1. The SMILES string of the molecule is COc1ccc([C@H]2C[C@@H](O)[C@@H](O)[C@@H]2NCc2cnc[nH]2)cc1. The molecule has 4 N–H and O–H groups in total. The van der Waals surface area contributed by atoms with Gasteiger partial charge in [0.25, 0.3) is 0 Å². The third kappa shape index (κ3) is 2.99. The number of hydrogen-bond acceptors (Lipinski definition) is 5. The molecule has 0 amide bonds. The van der Waals surface area contributed by atoms with Gasteiger partial charge in [0.15, 0.2) is 0 Å². The highest BCUT2D eigenvalue weighted by molar-refractivity contribution is 5.31. The smallest absolute Gasteiger partial charge is 0.118 e. The summed E-state index contributed by atoms with van der Waals surface area (Å²) in [7, 11) is 1.63. The largest absolute Gasteiger partial charge is 0.497 e. The van der Waals surface area contributed by atoms with Gasteiger partial charge in [0.2, 0.25) is 0 Å². The molecule has 1 aromatic carbocycles. The molecule has 6 heteroatoms. The van der Waals surface area contributed by atoms with E-state index in [4.69, 9.17) is 4.74 Å². The van der Waals surface area contributed by atoms with Crippen LogP contribution in [-0.4, -0.2) is 45.5 Å². The molecule has 1 aliphatic rings. The summed E-state index contributed by atoms with van der Waals surface area (Å²) in [5, 5.41) is 23.6. The highest BCUT2D eigenvalue weighted by Crippen LogP contribution is 2.36. The quantitative estimate of drug-likeness (QED) is 0.655. The highest BCUT2D eigenvalue weighted by Gasteiger charge is 2.41. The van der Waals surface area contributed by atoms with E-state index < -0.39 is 12.2 Å². The first-order valence-electron chi connectivity index (χ1n) is 7.39. The minimum absolute atomic E-state index is 0.0545. The van der Waals surface area contributed by atoms with Crippen molar-refractivity contribution < 1.29 is 14.9 Å². The van der Waals surface area contributed by atoms with E-state index in [1.165, 1.54) is 0 Å². The van der Waals surface area contributed by atoms with Gasteiger partial charge in [0.1, 0.15) is 5.75 Å². The highest BCUT2D eigenvalue weighted by atomic mass is 16.5. The molecule has 0 bridgehead atoms. The van der Waals surface area contributed by atoms with Crippen molar-refractivity contribution >= 4 is 0 Å². The number of nitrogens with zero attached hydrogens (tertiary/aromatic N) is 1. The number of imidazole rings is 1. The van der Waals surface area contributed by atoms with Crippen molar-refractivity contribution in [3.05, 3.63) is 48.0 Å². The number of nitrogens with one attached hydrogen (secondary N) is 2. The number of benzene rings is 1. The topological polar surface area (TPSA) is 90.4 Å². The van der Waals surface area contributed by atoms with Crippen LogP contribution in [0.15, 0.2) is 36.8 Å². The van der Waals surface area contributed by atoms with Gasteiger partial charge < -0.3 is 25.3 Å². The normalized spacial score (nSPS) is 28.0. The van der Waals surface area contributed by atoms with Gasteiger partial charge in [-0.15, -0.1) is 0 Å². The zero-order chi connectivity index (χ0) is 15.5. The minimum Gasteiger partial charge on any atom is -0.497 e. The van der Waals surface area contributed by atoms with Crippen molar-refractivity contribution in [1.29, 1.82) is 0 Å². The number of aliphatic hydroxyl groups excluding tert-OH is 2. The summed E-state index contributed by atoms with van der Waals surface area (Å²) in [4.78, 5) is 7.00. The maximum absolute atomic E-state index is 10.3. The second kappa shape index (κ2) is 6.48. The molecule has 1 aliphatic carbocycles. The molecule has 0 saturated heterocycles. The molecule has 1 fully saturated rings. The lowest BCUT2D eigenvalue weighted by Gasteiger charge is -2.23. The van der Waals surface area contributed by atoms with Crippen molar-refractivity contribution in [2.24, 2.45) is 0 Å². The summed E-state index contributed by atoms with van der Waals surface area (Å²) >= 11 is 0. The van der Waals surface area contributed by atoms with Gasteiger partial charge in [0.05, 0.1) is 25.6 Å². The zero-order valence-corrected chi connectivity index (χ0v) is 12.4. The minimum atomic E-state index is -0.782. The number of aliphatic hydroxyl groups is 2. The van der Waals surface area contributed by atoms with Crippen LogP contribution in [0.1, 0.15) is 23.6 Å². The molecule has 6 nitrogen and oxygen atoms in total. The van der Waals surface area contributed by atoms with Crippen LogP contribution in [0, 0.1) is 0 Å². The molecular weight excluding hydrogens is 282 g/mol. The summed E-state index contributed by atoms with van der Waals surface area (Å²) < 4.78 is 5.17. The first kappa shape index (κ1) is 15.0. The zero-order valence-electron chi connectivity index (χ0n) is 12.4. The van der Waals surface area contributed by atoms with Crippen LogP contribution in [0.25, 0.3) is 0 Å². The molecule has 4 atom stereocenters. The van der Waals surface area contributed by atoms with Crippen molar-refractivity contribution in [2.45, 2.75) is 37.1 Å². The van der Waals surface area contributed by atoms with Crippen LogP contribution in [0.5, 0.6) is 5.75 Å². The van der Waals surface area contributed by atoms with Crippen LogP contribution < -0.4 is 10.1 Å². The number of rotatable bonds is 5. The third-order valence-corrected chi connectivity index (χ3v) is 4.32. The van der Waals surface area contributed by atoms with Gasteiger partial charge in [-0.05, 0) is 24.1 Å². The van der Waals surface area contributed by atoms with E-state index in [2.05, 4.69) is 15.3 Å². The number of methoxy groups -OCH3 is 1. The second-order valence-corrected chi connectivity index (χ2v) is 5.66. The van der Waals surface area contributed by atoms with Crippen LogP contribution in [0.4, 0.5) is 0 Å². The molecule has 1 aromatic heterocycles. The lowest BCUT2D eigenvalue weighted by atomic mass is 9.93. The fourth-order valence-corrected chi connectivity index (χ4v) is 3.09. The Morgan fingerprint density at radius 3 is 2.73 bits per heavy atom. The molecular formula is C16H21N3O3. The molecule has 0 aliphatic heterocycles. The van der Waals surface area contributed by atoms with Crippen LogP contribution in [0.2, 0.25) is 0 Å². The Morgan fingerprint density at radius 2 is 2.09 bits per heavy atom. The molecule has 1 heterocycles. The molecule has 1 saturated carbocycles. The summed E-state index contributed by atoms with van der Waals surface area (Å²) in [6.45, 7) is 0.571. The van der Waals surface area contributed by atoms with Crippen LogP contribution in [0.3, 0.4) is 0 Å². The Morgan fingerprint density at radius 1 is 1.32 bits per heavy atom. The fourth-order valence-electron chi connectivity index (χ4n) is 3.09. The number of aromatic nitrogens is 2. The molecule has 118 valence electrons. The molecule has 0 unspecified atom stereocenters. The molecule has 22 heavy (non-hydrogen) atoms. The van der Waals surface area contributed by atoms with E-state index in [0.717, 1.165) is 17.0 Å². The van der Waals surface area contributed by atoms with E-state index >= 15 is 0 Å². The predicted molar refractivity (Wildman–Crippen MR) is 81.6 cm³/mol. The summed E-state index contributed by atoms with van der Waals surface area (Å²) in [6.07, 6.45) is 2.40.